The molecule has 3 atom stereocenters. The predicted octanol–water partition coefficient (Wildman–Crippen LogP) is -1.43. The van der Waals surface area contributed by atoms with Crippen LogP contribution in [0.5, 0.6) is 0 Å². The lowest BCUT2D eigenvalue weighted by Crippen LogP contribution is -2.52. The zero-order valence-electron chi connectivity index (χ0n) is 12.8. The molecular formula is C12H18N4O7S. The van der Waals surface area contributed by atoms with Crippen LogP contribution in [0, 0.1) is 0 Å². The molecule has 0 aromatic rings. The summed E-state index contributed by atoms with van der Waals surface area (Å²) in [4.78, 5) is 30.9. The summed E-state index contributed by atoms with van der Waals surface area (Å²) < 4.78 is 34.8. The lowest BCUT2D eigenvalue weighted by Gasteiger charge is -2.30. The van der Waals surface area contributed by atoms with Gasteiger partial charge in [-0.15, -0.1) is 4.28 Å². The lowest BCUT2D eigenvalue weighted by molar-refractivity contribution is -0.138. The van der Waals surface area contributed by atoms with Gasteiger partial charge in [0, 0.05) is 6.04 Å². The minimum atomic E-state index is -4.84. The predicted molar refractivity (Wildman–Crippen MR) is 78.4 cm³/mol. The smallest absolute Gasteiger partial charge is 0.311 e. The maximum Gasteiger partial charge on any atom is 0.418 e. The molecule has 12 heteroatoms. The van der Waals surface area contributed by atoms with E-state index < -0.39 is 34.4 Å². The van der Waals surface area contributed by atoms with E-state index in [1.807, 2.05) is 0 Å². The Morgan fingerprint density at radius 3 is 2.83 bits per heavy atom. The minimum absolute atomic E-state index is 0.0635. The van der Waals surface area contributed by atoms with E-state index in [4.69, 9.17) is 9.39 Å². The standard InChI is InChI=1S/C12H18N4O7S/c1-7-4-9-5-15(12(18)16(9)23-24(19,20)21)10(7)11(17)14-22-6-8-2-3-13-8/h4,8-10,13H,2-3,5-6H2,1H3,(H,14,17)(H,19,20,21)/t8-,9+,10-/m0/s1. The molecule has 3 rings (SSSR count). The molecular weight excluding hydrogens is 344 g/mol. The fourth-order valence-corrected chi connectivity index (χ4v) is 3.27. The summed E-state index contributed by atoms with van der Waals surface area (Å²) in [5, 5.41) is 3.65. The number of urea groups is 1. The molecule has 0 radical (unpaired) electrons. The van der Waals surface area contributed by atoms with Crippen LogP contribution in [0.2, 0.25) is 0 Å². The van der Waals surface area contributed by atoms with Crippen molar-refractivity contribution < 1.29 is 31.7 Å². The highest BCUT2D eigenvalue weighted by Gasteiger charge is 2.48. The van der Waals surface area contributed by atoms with Crippen LogP contribution in [-0.4, -0.2) is 72.7 Å². The van der Waals surface area contributed by atoms with Gasteiger partial charge in [-0.1, -0.05) is 6.08 Å². The summed E-state index contributed by atoms with van der Waals surface area (Å²) in [5.74, 6) is -0.538. The Morgan fingerprint density at radius 2 is 2.25 bits per heavy atom. The molecule has 0 aliphatic carbocycles. The summed E-state index contributed by atoms with van der Waals surface area (Å²) in [6.07, 6.45) is 2.51. The van der Waals surface area contributed by atoms with Gasteiger partial charge in [0.15, 0.2) is 0 Å². The molecule has 2 saturated heterocycles. The minimum Gasteiger partial charge on any atom is -0.311 e. The molecule has 0 aromatic carbocycles. The van der Waals surface area contributed by atoms with E-state index in [9.17, 15) is 18.0 Å². The van der Waals surface area contributed by atoms with Crippen molar-refractivity contribution in [1.82, 2.24) is 20.8 Å². The van der Waals surface area contributed by atoms with E-state index in [1.54, 1.807) is 13.0 Å². The monoisotopic (exact) mass is 362 g/mol. The van der Waals surface area contributed by atoms with Crippen LogP contribution in [0.15, 0.2) is 11.6 Å². The number of rotatable bonds is 6. The number of hydrogen-bond acceptors (Lipinski definition) is 7. The zero-order valence-corrected chi connectivity index (χ0v) is 13.7. The Hall–Kier alpha value is -1.73. The van der Waals surface area contributed by atoms with E-state index in [0.717, 1.165) is 17.9 Å². The average Bonchev–Trinajstić information content (AvgIpc) is 2.65. The van der Waals surface area contributed by atoms with Crippen LogP contribution >= 0.6 is 0 Å². The quantitative estimate of drug-likeness (QED) is 0.297. The van der Waals surface area contributed by atoms with Crippen LogP contribution in [0.4, 0.5) is 4.79 Å². The third-order valence-electron chi connectivity index (χ3n) is 4.12. The Labute approximate surface area is 138 Å². The number of amides is 3. The molecule has 3 aliphatic heterocycles. The van der Waals surface area contributed by atoms with E-state index in [2.05, 4.69) is 15.1 Å². The first-order valence-corrected chi connectivity index (χ1v) is 8.73. The van der Waals surface area contributed by atoms with Crippen molar-refractivity contribution >= 4 is 22.3 Å². The molecule has 2 bridgehead atoms. The third kappa shape index (κ3) is 3.37. The second kappa shape index (κ2) is 6.29. The summed E-state index contributed by atoms with van der Waals surface area (Å²) in [5.41, 5.74) is 2.85. The van der Waals surface area contributed by atoms with Crippen LogP contribution < -0.4 is 10.8 Å². The first-order chi connectivity index (χ1) is 11.3. The number of nitrogens with one attached hydrogen (secondary N) is 2. The van der Waals surface area contributed by atoms with E-state index in [0.29, 0.717) is 17.2 Å². The highest BCUT2D eigenvalue weighted by Crippen LogP contribution is 2.30. The molecule has 24 heavy (non-hydrogen) atoms. The maximum absolute atomic E-state index is 12.3. The molecule has 3 amide bonds. The van der Waals surface area contributed by atoms with E-state index >= 15 is 0 Å². The van der Waals surface area contributed by atoms with E-state index in [-0.39, 0.29) is 12.6 Å². The Bertz CT molecular complexity index is 675. The Morgan fingerprint density at radius 1 is 1.54 bits per heavy atom. The molecule has 11 nitrogen and oxygen atoms in total. The molecule has 0 saturated carbocycles. The molecule has 0 aromatic heterocycles. The summed E-state index contributed by atoms with van der Waals surface area (Å²) in [6, 6.07) is -2.27. The first kappa shape index (κ1) is 17.1. The first-order valence-electron chi connectivity index (χ1n) is 7.36. The van der Waals surface area contributed by atoms with Crippen molar-refractivity contribution in [2.45, 2.75) is 31.5 Å². The van der Waals surface area contributed by atoms with Gasteiger partial charge in [0.1, 0.15) is 6.04 Å². The molecule has 2 fully saturated rings. The van der Waals surface area contributed by atoms with E-state index in [1.165, 1.54) is 0 Å². The fourth-order valence-electron chi connectivity index (χ4n) is 2.90. The van der Waals surface area contributed by atoms with Crippen LogP contribution in [-0.2, 0) is 24.3 Å². The van der Waals surface area contributed by atoms with Crippen molar-refractivity contribution in [2.24, 2.45) is 0 Å². The van der Waals surface area contributed by atoms with Crippen molar-refractivity contribution in [1.29, 1.82) is 0 Å². The summed E-state index contributed by atoms with van der Waals surface area (Å²) >= 11 is 0. The number of fused-ring (bicyclic) bond motifs is 2. The van der Waals surface area contributed by atoms with Gasteiger partial charge in [-0.25, -0.2) is 10.3 Å². The lowest BCUT2D eigenvalue weighted by atomic mass is 10.0. The van der Waals surface area contributed by atoms with Crippen LogP contribution in [0.25, 0.3) is 0 Å². The fraction of sp³-hybridized carbons (Fsp3) is 0.667. The largest absolute Gasteiger partial charge is 0.418 e. The SMILES string of the molecule is CC1=C[C@@H]2CN(C(=O)N2OS(=O)(=O)O)[C@@H]1C(=O)NOC[C@@H]1CCN1. The highest BCUT2D eigenvalue weighted by atomic mass is 32.3. The maximum atomic E-state index is 12.3. The van der Waals surface area contributed by atoms with Gasteiger partial charge in [0.05, 0.1) is 19.2 Å². The second-order valence-corrected chi connectivity index (χ2v) is 6.87. The Kier molecular flexibility index (Phi) is 4.48. The number of hydrogen-bond donors (Lipinski definition) is 3. The van der Waals surface area contributed by atoms with Crippen LogP contribution in [0.1, 0.15) is 13.3 Å². The van der Waals surface area contributed by atoms with Gasteiger partial charge >= 0.3 is 16.4 Å². The third-order valence-corrected chi connectivity index (χ3v) is 4.47. The van der Waals surface area contributed by atoms with Gasteiger partial charge in [-0.2, -0.15) is 13.5 Å². The van der Waals surface area contributed by atoms with Gasteiger partial charge in [0.25, 0.3) is 5.91 Å². The van der Waals surface area contributed by atoms with Crippen molar-refractivity contribution in [3.8, 4) is 0 Å². The highest BCUT2D eigenvalue weighted by molar-refractivity contribution is 7.80. The van der Waals surface area contributed by atoms with Gasteiger partial charge in [-0.3, -0.25) is 14.2 Å². The van der Waals surface area contributed by atoms with Gasteiger partial charge in [-0.05, 0) is 25.5 Å². The van der Waals surface area contributed by atoms with Gasteiger partial charge in [0.2, 0.25) is 0 Å². The second-order valence-electron chi connectivity index (χ2n) is 5.86. The molecule has 0 unspecified atom stereocenters. The number of carbonyl (C=O) groups is 2. The van der Waals surface area contributed by atoms with Crippen molar-refractivity contribution in [3.05, 3.63) is 11.6 Å². The number of hydroxylamine groups is 3. The molecule has 3 aliphatic rings. The zero-order chi connectivity index (χ0) is 17.5. The van der Waals surface area contributed by atoms with Crippen LogP contribution in [0.3, 0.4) is 0 Å². The number of nitrogens with zero attached hydrogens (tertiary/aromatic N) is 2. The van der Waals surface area contributed by atoms with Crippen molar-refractivity contribution in [2.75, 3.05) is 19.7 Å². The molecule has 3 heterocycles. The van der Waals surface area contributed by atoms with Gasteiger partial charge < -0.3 is 10.2 Å². The molecule has 3 N–H and O–H groups in total. The normalized spacial score (nSPS) is 29.3. The summed E-state index contributed by atoms with van der Waals surface area (Å²) in [7, 11) is -4.84. The average molecular weight is 362 g/mol. The van der Waals surface area contributed by atoms with Crippen molar-refractivity contribution in [3.63, 3.8) is 0 Å². The molecule has 134 valence electrons. The topological polar surface area (TPSA) is 138 Å². The molecule has 0 spiro atoms. The summed E-state index contributed by atoms with van der Waals surface area (Å²) in [6.45, 7) is 2.94. The number of carbonyl (C=O) groups excluding carboxylic acids is 2. The Balaban J connectivity index is 1.65.